The van der Waals surface area contributed by atoms with Crippen molar-refractivity contribution >= 4 is 0 Å². The highest BCUT2D eigenvalue weighted by Crippen LogP contribution is 1.65. The first-order valence-electron chi connectivity index (χ1n) is 5.49. The lowest BCUT2D eigenvalue weighted by atomic mass is 10.4. The van der Waals surface area contributed by atoms with Gasteiger partial charge in [-0.25, -0.2) is 0 Å². The van der Waals surface area contributed by atoms with Crippen molar-refractivity contribution < 1.29 is 11.0 Å². The van der Waals surface area contributed by atoms with Crippen LogP contribution in [0.3, 0.4) is 0 Å². The summed E-state index contributed by atoms with van der Waals surface area (Å²) in [5, 5.41) is 0.128. The number of hydrogen-bond acceptors (Lipinski definition) is 2. The van der Waals surface area contributed by atoms with E-state index in [4.69, 9.17) is 11.0 Å². The van der Waals surface area contributed by atoms with E-state index >= 15 is 0 Å². The molecule has 2 heteroatoms. The van der Waals surface area contributed by atoms with Crippen molar-refractivity contribution in [3.05, 3.63) is 0 Å². The molecule has 6 heavy (non-hydrogen) atoms. The van der Waals surface area contributed by atoms with Gasteiger partial charge in [-0.2, -0.15) is 0 Å². The summed E-state index contributed by atoms with van der Waals surface area (Å²) in [7, 11) is 0. The van der Waals surface area contributed by atoms with Crippen LogP contribution in [-0.4, -0.2) is 26.0 Å². The van der Waals surface area contributed by atoms with E-state index in [1.807, 2.05) is 0 Å². The van der Waals surface area contributed by atoms with Crippen molar-refractivity contribution in [2.24, 2.45) is 0 Å². The largest absolute Gasteiger partial charge is 0.314 e. The van der Waals surface area contributed by atoms with Gasteiger partial charge in [0, 0.05) is 34.3 Å². The van der Waals surface area contributed by atoms with Gasteiger partial charge in [0.1, 0.15) is 2.82 Å². The zero-order chi connectivity index (χ0) is 11.4. The lowest BCUT2D eigenvalue weighted by molar-refractivity contribution is 0.534. The molecular weight excluding hydrogens is 76.1 g/mol. The molecule has 0 aromatic rings. The third kappa shape index (κ3) is 0.954. The number of nitrogens with one attached hydrogen (secondary N) is 2. The summed E-state index contributed by atoms with van der Waals surface area (Å²) in [5.41, 5.74) is 0. The van der Waals surface area contributed by atoms with Crippen LogP contribution in [0.4, 0.5) is 0 Å². The molecule has 0 aliphatic carbocycles. The smallest absolute Gasteiger partial charge is 0.122 e. The highest BCUT2D eigenvalue weighted by molar-refractivity contribution is 4.59. The molecule has 2 N–H and O–H groups in total. The molecule has 1 fully saturated rings. The van der Waals surface area contributed by atoms with Crippen molar-refractivity contribution in [3.63, 3.8) is 0 Å². The highest BCUT2D eigenvalue weighted by atomic mass is 15.0. The van der Waals surface area contributed by atoms with Gasteiger partial charge in [0.15, 0.2) is 0 Å². The molecule has 2 nitrogen and oxygen atoms in total. The molecule has 36 valence electrons. The minimum atomic E-state index is -2.86. The lowest BCUT2D eigenvalue weighted by Crippen LogP contribution is -2.39. The van der Waals surface area contributed by atoms with Gasteiger partial charge < -0.3 is 10.6 Å². The van der Waals surface area contributed by atoms with Gasteiger partial charge in [0.25, 0.3) is 0 Å². The number of hydrogen-bond donors (Lipinski definition) is 2. The lowest BCUT2D eigenvalue weighted by Gasteiger charge is -2.11. The summed E-state index contributed by atoms with van der Waals surface area (Å²) in [6.45, 7) is -8.63. The summed E-state index contributed by atoms with van der Waals surface area (Å²) in [6, 6.07) is 0. The molecular formula is C4H10N2. The van der Waals surface area contributed by atoms with Crippen LogP contribution in [0.25, 0.3) is 0 Å². The van der Waals surface area contributed by atoms with E-state index in [-0.39, 0.29) is 10.6 Å². The van der Waals surface area contributed by atoms with E-state index in [1.54, 1.807) is 0 Å². The fourth-order valence-electron chi connectivity index (χ4n) is 0.210. The van der Waals surface area contributed by atoms with Gasteiger partial charge in [-0.3, -0.25) is 0 Å². The van der Waals surface area contributed by atoms with E-state index in [1.165, 1.54) is 0 Å². The van der Waals surface area contributed by atoms with Gasteiger partial charge in [-0.05, 0) is 0 Å². The van der Waals surface area contributed by atoms with Crippen molar-refractivity contribution in [1.29, 1.82) is 0 Å². The molecule has 1 aliphatic rings. The Morgan fingerprint density at radius 1 is 1.33 bits per heavy atom. The third-order valence-corrected chi connectivity index (χ3v) is 0.414. The van der Waals surface area contributed by atoms with Crippen LogP contribution in [0, 0.1) is 0 Å². The molecule has 0 saturated carbocycles. The maximum atomic E-state index is 7.25. The second kappa shape index (κ2) is 2.16. The van der Waals surface area contributed by atoms with Crippen molar-refractivity contribution in [2.45, 2.75) is 0 Å². The standard InChI is InChI=1S/C4H10N2/c1-2-6-4-3-5-1/h5-6H,1-4H2/i1D2,2D2,3D2/hD2. The zero-order valence-corrected chi connectivity index (χ0v) is 3.10. The van der Waals surface area contributed by atoms with Crippen molar-refractivity contribution in [2.75, 3.05) is 26.0 Å². The van der Waals surface area contributed by atoms with Crippen molar-refractivity contribution in [1.82, 2.24) is 10.6 Å². The molecule has 0 bridgehead atoms. The molecule has 0 radical (unpaired) electrons. The molecule has 1 saturated heterocycles. The van der Waals surface area contributed by atoms with E-state index in [9.17, 15) is 0 Å². The first kappa shape index (κ1) is 0.740. The first-order valence-corrected chi connectivity index (χ1v) is 1.59. The van der Waals surface area contributed by atoms with E-state index in [0.717, 1.165) is 0 Å². The molecule has 0 amide bonds. The fraction of sp³-hybridized carbons (Fsp3) is 1.00. The number of piperazine rings is 1. The van der Waals surface area contributed by atoms with Crippen LogP contribution >= 0.6 is 0 Å². The SMILES string of the molecule is [2H]N1CC([2H])([2H])N([2H])C([2H])([2H])C1([2H])[2H]. The molecule has 1 aliphatic heterocycles. The molecule has 0 unspecified atom stereocenters. The number of rotatable bonds is 0. The molecule has 0 aromatic carbocycles. The van der Waals surface area contributed by atoms with Gasteiger partial charge in [-0.15, -0.1) is 0 Å². The van der Waals surface area contributed by atoms with Gasteiger partial charge in [-0.1, -0.05) is 0 Å². The Balaban J connectivity index is 3.12. The van der Waals surface area contributed by atoms with Gasteiger partial charge in [0.05, 0.1) is 0 Å². The van der Waals surface area contributed by atoms with Crippen LogP contribution in [0.5, 0.6) is 0 Å². The van der Waals surface area contributed by atoms with Crippen LogP contribution in [0.1, 0.15) is 8.22 Å². The van der Waals surface area contributed by atoms with E-state index in [0.29, 0.717) is 0 Å². The minimum Gasteiger partial charge on any atom is -0.314 e. The second-order valence-corrected chi connectivity index (χ2v) is 0.810. The molecule has 0 aromatic heterocycles. The minimum absolute atomic E-state index is 0.0644. The van der Waals surface area contributed by atoms with Crippen LogP contribution in [-0.2, 0) is 0 Å². The average Bonchev–Trinajstić information content (AvgIpc) is 1.99. The van der Waals surface area contributed by atoms with E-state index < -0.39 is 26.0 Å². The summed E-state index contributed by atoms with van der Waals surface area (Å²) < 4.78 is 57.8. The quantitative estimate of drug-likeness (QED) is 0.410. The molecule has 1 rings (SSSR count). The average molecular weight is 94.2 g/mol. The van der Waals surface area contributed by atoms with Crippen LogP contribution < -0.4 is 10.6 Å². The van der Waals surface area contributed by atoms with Crippen molar-refractivity contribution in [3.8, 4) is 0 Å². The summed E-state index contributed by atoms with van der Waals surface area (Å²) in [4.78, 5) is 0. The Bertz CT molecular complexity index is 239. The Morgan fingerprint density at radius 3 is 3.17 bits per heavy atom. The summed E-state index contributed by atoms with van der Waals surface area (Å²) >= 11 is 0. The fourth-order valence-corrected chi connectivity index (χ4v) is 0.210. The molecule has 0 atom stereocenters. The second-order valence-electron chi connectivity index (χ2n) is 0.810. The molecule has 1 heterocycles. The van der Waals surface area contributed by atoms with Crippen LogP contribution in [0.15, 0.2) is 0 Å². The van der Waals surface area contributed by atoms with Gasteiger partial charge >= 0.3 is 0 Å². The Kier molecular flexibility index (Phi) is 0.266. The Morgan fingerprint density at radius 2 is 2.17 bits per heavy atom. The predicted octanol–water partition coefficient (Wildman–Crippen LogP) is -0.821. The molecule has 0 spiro atoms. The van der Waals surface area contributed by atoms with E-state index in [2.05, 4.69) is 0 Å². The zero-order valence-electron chi connectivity index (χ0n) is 11.1. The monoisotopic (exact) mass is 94.1 g/mol. The summed E-state index contributed by atoms with van der Waals surface area (Å²) in [5.74, 6) is 0. The van der Waals surface area contributed by atoms with Gasteiger partial charge in [0.2, 0.25) is 0 Å². The maximum Gasteiger partial charge on any atom is 0.122 e. The Hall–Kier alpha value is -0.0800. The predicted molar refractivity (Wildman–Crippen MR) is 25.7 cm³/mol. The third-order valence-electron chi connectivity index (χ3n) is 0.414. The topological polar surface area (TPSA) is 24.1 Å². The highest BCUT2D eigenvalue weighted by Gasteiger charge is 1.91. The van der Waals surface area contributed by atoms with Crippen LogP contribution in [0.2, 0.25) is 2.82 Å². The normalized spacial score (nSPS) is 75.3. The summed E-state index contributed by atoms with van der Waals surface area (Å²) in [6.07, 6.45) is 0. The maximum absolute atomic E-state index is 7.25. The Labute approximate surface area is 49.3 Å². The first-order chi connectivity index (χ1) is 6.03.